The van der Waals surface area contributed by atoms with E-state index in [9.17, 15) is 8.78 Å². The van der Waals surface area contributed by atoms with E-state index >= 15 is 0 Å². The highest BCUT2D eigenvalue weighted by Gasteiger charge is 2.30. The normalized spacial score (nSPS) is 18.6. The molecule has 0 radical (unpaired) electrons. The molecule has 0 amide bonds. The van der Waals surface area contributed by atoms with Gasteiger partial charge in [-0.1, -0.05) is 19.3 Å². The predicted molar refractivity (Wildman–Crippen MR) is 67.2 cm³/mol. The van der Waals surface area contributed by atoms with Crippen LogP contribution in [0.15, 0.2) is 12.3 Å². The van der Waals surface area contributed by atoms with E-state index < -0.39 is 11.6 Å². The van der Waals surface area contributed by atoms with Gasteiger partial charge in [0, 0.05) is 12.6 Å². The van der Waals surface area contributed by atoms with E-state index in [1.807, 2.05) is 0 Å². The van der Waals surface area contributed by atoms with Gasteiger partial charge in [-0.3, -0.25) is 0 Å². The maximum absolute atomic E-state index is 13.4. The summed E-state index contributed by atoms with van der Waals surface area (Å²) in [6.07, 6.45) is 6.70. The van der Waals surface area contributed by atoms with Gasteiger partial charge < -0.3 is 11.1 Å². The molecule has 0 spiro atoms. The van der Waals surface area contributed by atoms with Gasteiger partial charge in [0.05, 0.1) is 6.20 Å². The first-order chi connectivity index (χ1) is 8.65. The molecule has 0 atom stereocenters. The molecule has 1 aromatic heterocycles. The molecule has 18 heavy (non-hydrogen) atoms. The van der Waals surface area contributed by atoms with Gasteiger partial charge in [-0.05, 0) is 24.8 Å². The summed E-state index contributed by atoms with van der Waals surface area (Å²) in [4.78, 5) is 3.73. The fourth-order valence-electron chi connectivity index (χ4n) is 2.57. The zero-order chi connectivity index (χ0) is 13.0. The second-order valence-corrected chi connectivity index (χ2v) is 5.10. The number of nitrogens with one attached hydrogen (secondary N) is 1. The van der Waals surface area contributed by atoms with Crippen LogP contribution in [0.2, 0.25) is 0 Å². The number of hydrogen-bond acceptors (Lipinski definition) is 3. The quantitative estimate of drug-likeness (QED) is 0.869. The smallest absolute Gasteiger partial charge is 0.168 e. The zero-order valence-corrected chi connectivity index (χ0v) is 10.4. The fraction of sp³-hybridized carbons (Fsp3) is 0.615. The third kappa shape index (κ3) is 2.96. The summed E-state index contributed by atoms with van der Waals surface area (Å²) in [5, 5.41) is 2.97. The highest BCUT2D eigenvalue weighted by Crippen LogP contribution is 2.35. The number of aromatic nitrogens is 1. The Balaban J connectivity index is 2.01. The minimum Gasteiger partial charge on any atom is -0.367 e. The molecular weight excluding hydrogens is 236 g/mol. The van der Waals surface area contributed by atoms with Gasteiger partial charge >= 0.3 is 0 Å². The Morgan fingerprint density at radius 3 is 2.61 bits per heavy atom. The maximum Gasteiger partial charge on any atom is 0.168 e. The molecule has 0 bridgehead atoms. The molecule has 1 saturated carbocycles. The van der Waals surface area contributed by atoms with Crippen molar-refractivity contribution in [1.29, 1.82) is 0 Å². The summed E-state index contributed by atoms with van der Waals surface area (Å²) in [5.41, 5.74) is 5.88. The Bertz CT molecular complexity index is 403. The molecule has 1 fully saturated rings. The topological polar surface area (TPSA) is 50.9 Å². The standard InChI is InChI=1S/C13H19F2N3/c14-10-6-11(15)12(17-7-10)18-9-13(8-16)4-2-1-3-5-13/h6-7H,1-5,8-9,16H2,(H,17,18). The number of anilines is 1. The largest absolute Gasteiger partial charge is 0.367 e. The van der Waals surface area contributed by atoms with Gasteiger partial charge in [0.2, 0.25) is 0 Å². The second kappa shape index (κ2) is 5.61. The van der Waals surface area contributed by atoms with E-state index in [-0.39, 0.29) is 11.2 Å². The molecule has 0 aliphatic heterocycles. The lowest BCUT2D eigenvalue weighted by Crippen LogP contribution is -2.39. The fourth-order valence-corrected chi connectivity index (χ4v) is 2.57. The maximum atomic E-state index is 13.4. The van der Waals surface area contributed by atoms with E-state index in [1.165, 1.54) is 6.42 Å². The molecule has 3 nitrogen and oxygen atoms in total. The van der Waals surface area contributed by atoms with Gasteiger partial charge in [-0.2, -0.15) is 0 Å². The number of nitrogens with two attached hydrogens (primary N) is 1. The third-order valence-electron chi connectivity index (χ3n) is 3.79. The molecule has 0 saturated heterocycles. The summed E-state index contributed by atoms with van der Waals surface area (Å²) < 4.78 is 26.2. The van der Waals surface area contributed by atoms with Crippen molar-refractivity contribution in [2.24, 2.45) is 11.1 Å². The van der Waals surface area contributed by atoms with Gasteiger partial charge in [0.15, 0.2) is 11.6 Å². The molecule has 3 N–H and O–H groups in total. The lowest BCUT2D eigenvalue weighted by atomic mass is 9.74. The van der Waals surface area contributed by atoms with E-state index in [0.717, 1.165) is 37.9 Å². The molecule has 5 heteroatoms. The van der Waals surface area contributed by atoms with Crippen molar-refractivity contribution < 1.29 is 8.78 Å². The number of hydrogen-bond donors (Lipinski definition) is 2. The van der Waals surface area contributed by atoms with Crippen molar-refractivity contribution in [2.75, 3.05) is 18.4 Å². The SMILES string of the molecule is NCC1(CNc2ncc(F)cc2F)CCCCC1. The van der Waals surface area contributed by atoms with Crippen molar-refractivity contribution >= 4 is 5.82 Å². The molecule has 1 aromatic rings. The number of rotatable bonds is 4. The molecule has 1 heterocycles. The summed E-state index contributed by atoms with van der Waals surface area (Å²) in [6, 6.07) is 0.839. The number of halogens is 2. The van der Waals surface area contributed by atoms with Crippen molar-refractivity contribution in [3.63, 3.8) is 0 Å². The predicted octanol–water partition coefficient (Wildman–Crippen LogP) is 2.68. The lowest BCUT2D eigenvalue weighted by Gasteiger charge is -2.36. The van der Waals surface area contributed by atoms with Gasteiger partial charge in [-0.15, -0.1) is 0 Å². The van der Waals surface area contributed by atoms with Crippen LogP contribution >= 0.6 is 0 Å². The molecule has 1 aliphatic rings. The second-order valence-electron chi connectivity index (χ2n) is 5.10. The van der Waals surface area contributed by atoms with Gasteiger partial charge in [-0.25, -0.2) is 13.8 Å². The van der Waals surface area contributed by atoms with E-state index in [2.05, 4.69) is 10.3 Å². The van der Waals surface area contributed by atoms with E-state index in [0.29, 0.717) is 13.1 Å². The summed E-state index contributed by atoms with van der Waals surface area (Å²) >= 11 is 0. The Labute approximate surface area is 106 Å². The Kier molecular flexibility index (Phi) is 4.11. The first-order valence-corrected chi connectivity index (χ1v) is 6.40. The van der Waals surface area contributed by atoms with Crippen LogP contribution in [0.3, 0.4) is 0 Å². The molecule has 0 unspecified atom stereocenters. The van der Waals surface area contributed by atoms with Gasteiger partial charge in [0.1, 0.15) is 5.82 Å². The first kappa shape index (κ1) is 13.2. The minimum atomic E-state index is -0.663. The zero-order valence-electron chi connectivity index (χ0n) is 10.4. The van der Waals surface area contributed by atoms with Crippen LogP contribution in [-0.2, 0) is 0 Å². The van der Waals surface area contributed by atoms with Crippen molar-refractivity contribution in [3.8, 4) is 0 Å². The Hall–Kier alpha value is -1.23. The number of nitrogens with zero attached hydrogens (tertiary/aromatic N) is 1. The van der Waals surface area contributed by atoms with Crippen LogP contribution in [0.4, 0.5) is 14.6 Å². The number of pyridine rings is 1. The molecule has 2 rings (SSSR count). The highest BCUT2D eigenvalue weighted by molar-refractivity contribution is 5.36. The summed E-state index contributed by atoms with van der Waals surface area (Å²) in [7, 11) is 0. The minimum absolute atomic E-state index is 0.0285. The molecular formula is C13H19F2N3. The summed E-state index contributed by atoms with van der Waals surface area (Å²) in [5.74, 6) is -1.21. The van der Waals surface area contributed by atoms with Gasteiger partial charge in [0.25, 0.3) is 0 Å². The van der Waals surface area contributed by atoms with Crippen LogP contribution in [-0.4, -0.2) is 18.1 Å². The van der Waals surface area contributed by atoms with Crippen molar-refractivity contribution in [3.05, 3.63) is 23.9 Å². The molecule has 0 aromatic carbocycles. The van der Waals surface area contributed by atoms with E-state index in [4.69, 9.17) is 5.73 Å². The lowest BCUT2D eigenvalue weighted by molar-refractivity contribution is 0.215. The first-order valence-electron chi connectivity index (χ1n) is 6.40. The average molecular weight is 255 g/mol. The monoisotopic (exact) mass is 255 g/mol. The third-order valence-corrected chi connectivity index (χ3v) is 3.79. The highest BCUT2D eigenvalue weighted by atomic mass is 19.1. The molecule has 1 aliphatic carbocycles. The Morgan fingerprint density at radius 2 is 2.00 bits per heavy atom. The van der Waals surface area contributed by atoms with Crippen LogP contribution in [0.1, 0.15) is 32.1 Å². The summed E-state index contributed by atoms with van der Waals surface area (Å²) in [6.45, 7) is 1.18. The molecule has 100 valence electrons. The van der Waals surface area contributed by atoms with Crippen LogP contribution in [0.5, 0.6) is 0 Å². The Morgan fingerprint density at radius 1 is 1.28 bits per heavy atom. The van der Waals surface area contributed by atoms with Crippen LogP contribution in [0.25, 0.3) is 0 Å². The van der Waals surface area contributed by atoms with Crippen molar-refractivity contribution in [2.45, 2.75) is 32.1 Å². The average Bonchev–Trinajstić information content (AvgIpc) is 2.39. The van der Waals surface area contributed by atoms with Crippen LogP contribution < -0.4 is 11.1 Å². The van der Waals surface area contributed by atoms with E-state index in [1.54, 1.807) is 0 Å². The van der Waals surface area contributed by atoms with Crippen molar-refractivity contribution in [1.82, 2.24) is 4.98 Å². The van der Waals surface area contributed by atoms with Crippen LogP contribution in [0, 0.1) is 17.0 Å².